The van der Waals surface area contributed by atoms with Crippen LogP contribution < -0.4 is 0 Å². The summed E-state index contributed by atoms with van der Waals surface area (Å²) in [5.41, 5.74) is 0.135. The fraction of sp³-hybridized carbons (Fsp3) is 0.692. The quantitative estimate of drug-likeness (QED) is 0.932. The molecule has 0 aliphatic carbocycles. The predicted octanol–water partition coefficient (Wildman–Crippen LogP) is 2.30. The molecular weight excluding hydrogens is 282 g/mol. The van der Waals surface area contributed by atoms with E-state index in [2.05, 4.69) is 20.8 Å². The molecule has 1 aliphatic heterocycles. The molecule has 1 N–H and O–H groups in total. The number of aliphatic hydroxyl groups excluding tert-OH is 1. The first kappa shape index (κ1) is 15.0. The minimum absolute atomic E-state index is 0.106. The standard InChI is InChI=1S/C13H21NO3S2/c1-13(2,3)10-6-7-14(8-10)19(16,17)12-5-4-11(9-15)18-12/h4-5,10,15H,6-9H2,1-3H3. The lowest BCUT2D eigenvalue weighted by Gasteiger charge is -2.26. The largest absolute Gasteiger partial charge is 0.391 e. The lowest BCUT2D eigenvalue weighted by molar-refractivity contribution is 0.252. The van der Waals surface area contributed by atoms with Gasteiger partial charge >= 0.3 is 0 Å². The zero-order valence-electron chi connectivity index (χ0n) is 11.6. The van der Waals surface area contributed by atoms with Crippen LogP contribution in [0, 0.1) is 11.3 Å². The molecule has 0 amide bonds. The van der Waals surface area contributed by atoms with Gasteiger partial charge in [-0.15, -0.1) is 11.3 Å². The van der Waals surface area contributed by atoms with E-state index in [1.165, 1.54) is 0 Å². The average molecular weight is 303 g/mol. The highest BCUT2D eigenvalue weighted by atomic mass is 32.2. The van der Waals surface area contributed by atoms with Crippen molar-refractivity contribution in [1.82, 2.24) is 4.31 Å². The van der Waals surface area contributed by atoms with E-state index in [4.69, 9.17) is 5.11 Å². The lowest BCUT2D eigenvalue weighted by Crippen LogP contribution is -2.30. The van der Waals surface area contributed by atoms with E-state index in [9.17, 15) is 8.42 Å². The Morgan fingerprint density at radius 1 is 1.42 bits per heavy atom. The summed E-state index contributed by atoms with van der Waals surface area (Å²) in [6.07, 6.45) is 0.918. The highest BCUT2D eigenvalue weighted by Crippen LogP contribution is 2.36. The first-order valence-electron chi connectivity index (χ1n) is 6.45. The van der Waals surface area contributed by atoms with Crippen LogP contribution in [0.1, 0.15) is 32.1 Å². The van der Waals surface area contributed by atoms with E-state index < -0.39 is 10.0 Å². The van der Waals surface area contributed by atoms with Gasteiger partial charge in [0.1, 0.15) is 4.21 Å². The molecule has 0 aromatic carbocycles. The summed E-state index contributed by atoms with van der Waals surface area (Å²) in [5, 5.41) is 9.03. The van der Waals surface area contributed by atoms with E-state index in [0.717, 1.165) is 17.8 Å². The second-order valence-corrected chi connectivity index (χ2v) is 9.43. The third-order valence-electron chi connectivity index (χ3n) is 3.76. The van der Waals surface area contributed by atoms with Gasteiger partial charge in [-0.25, -0.2) is 8.42 Å². The van der Waals surface area contributed by atoms with Crippen LogP contribution in [0.5, 0.6) is 0 Å². The Kier molecular flexibility index (Phi) is 4.07. The van der Waals surface area contributed by atoms with E-state index in [1.54, 1.807) is 16.4 Å². The lowest BCUT2D eigenvalue weighted by atomic mass is 9.80. The summed E-state index contributed by atoms with van der Waals surface area (Å²) >= 11 is 1.16. The summed E-state index contributed by atoms with van der Waals surface area (Å²) in [5.74, 6) is 0.402. The summed E-state index contributed by atoms with van der Waals surface area (Å²) in [7, 11) is -3.38. The van der Waals surface area contributed by atoms with Gasteiger partial charge in [0, 0.05) is 18.0 Å². The van der Waals surface area contributed by atoms with Crippen molar-refractivity contribution >= 4 is 21.4 Å². The van der Waals surface area contributed by atoms with Crippen LogP contribution in [0.15, 0.2) is 16.3 Å². The molecule has 2 rings (SSSR count). The van der Waals surface area contributed by atoms with Crippen molar-refractivity contribution in [1.29, 1.82) is 0 Å². The van der Waals surface area contributed by atoms with Gasteiger partial charge < -0.3 is 5.11 Å². The minimum atomic E-state index is -3.38. The fourth-order valence-corrected chi connectivity index (χ4v) is 5.23. The second kappa shape index (κ2) is 5.16. The van der Waals surface area contributed by atoms with Gasteiger partial charge in [-0.05, 0) is 29.9 Å². The predicted molar refractivity (Wildman–Crippen MR) is 76.6 cm³/mol. The molecule has 0 spiro atoms. The second-order valence-electron chi connectivity index (χ2n) is 6.09. The topological polar surface area (TPSA) is 57.6 Å². The molecule has 19 heavy (non-hydrogen) atoms. The normalized spacial score (nSPS) is 22.0. The molecule has 1 unspecified atom stereocenters. The Labute approximate surface area is 119 Å². The Morgan fingerprint density at radius 3 is 2.58 bits per heavy atom. The van der Waals surface area contributed by atoms with Gasteiger partial charge in [0.25, 0.3) is 10.0 Å². The molecule has 0 radical (unpaired) electrons. The van der Waals surface area contributed by atoms with Crippen molar-refractivity contribution < 1.29 is 13.5 Å². The monoisotopic (exact) mass is 303 g/mol. The number of sulfonamides is 1. The van der Waals surface area contributed by atoms with Crippen LogP contribution >= 0.6 is 11.3 Å². The van der Waals surface area contributed by atoms with Gasteiger partial charge in [0.15, 0.2) is 0 Å². The van der Waals surface area contributed by atoms with Crippen molar-refractivity contribution in [2.45, 2.75) is 38.0 Å². The third-order valence-corrected chi connectivity index (χ3v) is 7.17. The maximum Gasteiger partial charge on any atom is 0.252 e. The Bertz CT molecular complexity index is 542. The van der Waals surface area contributed by atoms with Crippen molar-refractivity contribution in [2.75, 3.05) is 13.1 Å². The summed E-state index contributed by atoms with van der Waals surface area (Å²) in [4.78, 5) is 0.685. The van der Waals surface area contributed by atoms with Crippen LogP contribution in [0.25, 0.3) is 0 Å². The van der Waals surface area contributed by atoms with Gasteiger partial charge in [-0.1, -0.05) is 20.8 Å². The zero-order valence-corrected chi connectivity index (χ0v) is 13.2. The molecule has 1 atom stereocenters. The number of hydrogen-bond donors (Lipinski definition) is 1. The third kappa shape index (κ3) is 3.02. The first-order chi connectivity index (χ1) is 8.75. The molecule has 0 bridgehead atoms. The van der Waals surface area contributed by atoms with Crippen molar-refractivity contribution in [3.63, 3.8) is 0 Å². The highest BCUT2D eigenvalue weighted by molar-refractivity contribution is 7.91. The Hall–Kier alpha value is -0.430. The maximum atomic E-state index is 12.5. The van der Waals surface area contributed by atoms with Crippen LogP contribution in [0.4, 0.5) is 0 Å². The molecular formula is C13H21NO3S2. The van der Waals surface area contributed by atoms with Crippen LogP contribution in [-0.2, 0) is 16.6 Å². The van der Waals surface area contributed by atoms with Crippen molar-refractivity contribution in [3.05, 3.63) is 17.0 Å². The van der Waals surface area contributed by atoms with E-state index in [-0.39, 0.29) is 12.0 Å². The van der Waals surface area contributed by atoms with Crippen LogP contribution in [-0.4, -0.2) is 30.9 Å². The molecule has 108 valence electrons. The highest BCUT2D eigenvalue weighted by Gasteiger charge is 2.38. The van der Waals surface area contributed by atoms with Crippen molar-refractivity contribution in [2.24, 2.45) is 11.3 Å². The first-order valence-corrected chi connectivity index (χ1v) is 8.70. The van der Waals surface area contributed by atoms with Gasteiger partial charge in [-0.3, -0.25) is 0 Å². The SMILES string of the molecule is CC(C)(C)C1CCN(S(=O)(=O)c2ccc(CO)s2)C1. The number of rotatable bonds is 3. The molecule has 4 nitrogen and oxygen atoms in total. The summed E-state index contributed by atoms with van der Waals surface area (Å²) in [6, 6.07) is 3.27. The number of thiophene rings is 1. The Balaban J connectivity index is 2.18. The average Bonchev–Trinajstić information content (AvgIpc) is 2.98. The number of hydrogen-bond acceptors (Lipinski definition) is 4. The Morgan fingerprint density at radius 2 is 2.11 bits per heavy atom. The van der Waals surface area contributed by atoms with Gasteiger partial charge in [-0.2, -0.15) is 4.31 Å². The van der Waals surface area contributed by atoms with Crippen LogP contribution in [0.3, 0.4) is 0 Å². The molecule has 1 aromatic heterocycles. The summed E-state index contributed by atoms with van der Waals surface area (Å²) in [6.45, 7) is 7.55. The molecule has 1 aromatic rings. The van der Waals surface area contributed by atoms with Crippen molar-refractivity contribution in [3.8, 4) is 0 Å². The zero-order chi connectivity index (χ0) is 14.3. The smallest absolute Gasteiger partial charge is 0.252 e. The maximum absolute atomic E-state index is 12.5. The molecule has 6 heteroatoms. The molecule has 0 saturated carbocycles. The van der Waals surface area contributed by atoms with E-state index in [0.29, 0.717) is 28.1 Å². The fourth-order valence-electron chi connectivity index (χ4n) is 2.36. The molecule has 1 aliphatic rings. The minimum Gasteiger partial charge on any atom is -0.391 e. The molecule has 1 saturated heterocycles. The van der Waals surface area contributed by atoms with E-state index >= 15 is 0 Å². The number of aliphatic hydroxyl groups is 1. The van der Waals surface area contributed by atoms with Gasteiger partial charge in [0.2, 0.25) is 0 Å². The summed E-state index contributed by atoms with van der Waals surface area (Å²) < 4.78 is 26.9. The number of nitrogens with zero attached hydrogens (tertiary/aromatic N) is 1. The molecule has 1 fully saturated rings. The van der Waals surface area contributed by atoms with Gasteiger partial charge in [0.05, 0.1) is 6.61 Å². The molecule has 2 heterocycles. The van der Waals surface area contributed by atoms with E-state index in [1.807, 2.05) is 0 Å². The van der Waals surface area contributed by atoms with Crippen LogP contribution in [0.2, 0.25) is 0 Å².